The lowest BCUT2D eigenvalue weighted by atomic mass is 10.1. The number of hydrogen-bond donors (Lipinski definition) is 0. The van der Waals surface area contributed by atoms with Crippen LogP contribution in [-0.4, -0.2) is 14.8 Å². The first kappa shape index (κ1) is 10.3. The molecule has 0 aliphatic heterocycles. The van der Waals surface area contributed by atoms with E-state index in [-0.39, 0.29) is 0 Å². The summed E-state index contributed by atoms with van der Waals surface area (Å²) in [7, 11) is 0. The fourth-order valence-electron chi connectivity index (χ4n) is 2.98. The first-order valence-electron chi connectivity index (χ1n) is 6.44. The normalized spacial score (nSPS) is 12.0. The molecule has 0 spiro atoms. The molecule has 0 unspecified atom stereocenters. The van der Waals surface area contributed by atoms with Crippen molar-refractivity contribution in [1.82, 2.24) is 14.8 Å². The quantitative estimate of drug-likeness (QED) is 0.459. The highest BCUT2D eigenvalue weighted by Crippen LogP contribution is 2.36. The average molecular weight is 275 g/mol. The van der Waals surface area contributed by atoms with Crippen molar-refractivity contribution in [3.05, 3.63) is 53.2 Å². The highest BCUT2D eigenvalue weighted by atomic mass is 32.1. The predicted octanol–water partition coefficient (Wildman–Crippen LogP) is 4.20. The monoisotopic (exact) mass is 275 g/mol. The summed E-state index contributed by atoms with van der Waals surface area (Å²) in [5.74, 6) is 0. The number of fused-ring (bicyclic) bond motifs is 3. The minimum Gasteiger partial charge on any atom is -0.212 e. The first-order valence-corrected chi connectivity index (χ1v) is 7.38. The lowest BCUT2D eigenvalue weighted by Gasteiger charge is -1.96. The Bertz CT molecular complexity index is 1040. The zero-order valence-electron chi connectivity index (χ0n) is 10.4. The number of hydrogen-bond acceptors (Lipinski definition) is 3. The Morgan fingerprint density at radius 1 is 1.00 bits per heavy atom. The Balaban J connectivity index is 2.08. The van der Waals surface area contributed by atoms with Gasteiger partial charge >= 0.3 is 0 Å². The number of rotatable bonds is 1. The molecule has 0 amide bonds. The van der Waals surface area contributed by atoms with Crippen LogP contribution in [0.2, 0.25) is 0 Å². The van der Waals surface area contributed by atoms with Gasteiger partial charge in [-0.05, 0) is 22.9 Å². The second kappa shape index (κ2) is 3.55. The third-order valence-electron chi connectivity index (χ3n) is 3.83. The van der Waals surface area contributed by atoms with Crippen LogP contribution in [0.25, 0.3) is 38.4 Å². The summed E-state index contributed by atoms with van der Waals surface area (Å²) in [4.78, 5) is 0. The molecule has 3 heterocycles. The maximum Gasteiger partial charge on any atom is 0.122 e. The molecule has 0 fully saturated rings. The highest BCUT2D eigenvalue weighted by Gasteiger charge is 2.18. The Labute approximate surface area is 118 Å². The molecule has 94 valence electrons. The predicted molar refractivity (Wildman–Crippen MR) is 82.5 cm³/mol. The van der Waals surface area contributed by atoms with Gasteiger partial charge < -0.3 is 0 Å². The van der Waals surface area contributed by atoms with Crippen LogP contribution in [0.3, 0.4) is 0 Å². The van der Waals surface area contributed by atoms with Crippen molar-refractivity contribution >= 4 is 38.5 Å². The van der Waals surface area contributed by atoms with E-state index in [4.69, 9.17) is 0 Å². The van der Waals surface area contributed by atoms with E-state index in [0.717, 1.165) is 22.3 Å². The molecule has 4 heteroatoms. The second-order valence-corrected chi connectivity index (χ2v) is 5.67. The zero-order chi connectivity index (χ0) is 13.1. The van der Waals surface area contributed by atoms with Gasteiger partial charge in [0.2, 0.25) is 0 Å². The van der Waals surface area contributed by atoms with E-state index < -0.39 is 0 Å². The van der Waals surface area contributed by atoms with Crippen LogP contribution in [-0.2, 0) is 0 Å². The van der Waals surface area contributed by atoms with Gasteiger partial charge in [-0.2, -0.15) is 11.3 Å². The molecule has 0 saturated heterocycles. The standard InChI is InChI=1S/C16H9N3S/c1-3-10-4-2-6-13-14(10)12(5-1)16-15(17-18-19(13)16)11-7-8-20-9-11/h1-9H. The molecular weight excluding hydrogens is 266 g/mol. The van der Waals surface area contributed by atoms with Crippen molar-refractivity contribution < 1.29 is 0 Å². The molecule has 0 aliphatic rings. The average Bonchev–Trinajstić information content (AvgIpc) is 3.18. The van der Waals surface area contributed by atoms with E-state index >= 15 is 0 Å². The van der Waals surface area contributed by atoms with Crippen LogP contribution in [0.5, 0.6) is 0 Å². The van der Waals surface area contributed by atoms with Crippen LogP contribution in [0, 0.1) is 0 Å². The van der Waals surface area contributed by atoms with Crippen LogP contribution < -0.4 is 0 Å². The largest absolute Gasteiger partial charge is 0.212 e. The fourth-order valence-corrected chi connectivity index (χ4v) is 3.62. The molecule has 0 radical (unpaired) electrons. The van der Waals surface area contributed by atoms with Crippen LogP contribution in [0.15, 0.2) is 53.2 Å². The Morgan fingerprint density at radius 2 is 1.90 bits per heavy atom. The first-order chi connectivity index (χ1) is 9.93. The maximum atomic E-state index is 4.39. The molecule has 0 saturated carbocycles. The SMILES string of the molecule is c1cc2cccc3c2c(c1)c1c(-c2ccsc2)nnn31. The van der Waals surface area contributed by atoms with E-state index in [1.54, 1.807) is 11.3 Å². The van der Waals surface area contributed by atoms with Gasteiger partial charge in [-0.15, -0.1) is 5.10 Å². The summed E-state index contributed by atoms with van der Waals surface area (Å²) in [5.41, 5.74) is 4.34. The van der Waals surface area contributed by atoms with E-state index in [0.29, 0.717) is 0 Å². The molecule has 0 aliphatic carbocycles. The van der Waals surface area contributed by atoms with Gasteiger partial charge in [0.15, 0.2) is 0 Å². The van der Waals surface area contributed by atoms with Gasteiger partial charge in [-0.1, -0.05) is 35.5 Å². The summed E-state index contributed by atoms with van der Waals surface area (Å²) in [5, 5.41) is 16.7. The Kier molecular flexibility index (Phi) is 1.84. The van der Waals surface area contributed by atoms with Gasteiger partial charge in [-0.3, -0.25) is 0 Å². The van der Waals surface area contributed by atoms with Crippen molar-refractivity contribution in [2.45, 2.75) is 0 Å². The Morgan fingerprint density at radius 3 is 2.75 bits per heavy atom. The lowest BCUT2D eigenvalue weighted by molar-refractivity contribution is 0.889. The molecule has 5 aromatic rings. The second-order valence-electron chi connectivity index (χ2n) is 4.89. The van der Waals surface area contributed by atoms with Gasteiger partial charge in [0, 0.05) is 21.7 Å². The highest BCUT2D eigenvalue weighted by molar-refractivity contribution is 7.08. The summed E-state index contributed by atoms with van der Waals surface area (Å²) < 4.78 is 1.96. The van der Waals surface area contributed by atoms with Crippen molar-refractivity contribution in [3.8, 4) is 11.3 Å². The lowest BCUT2D eigenvalue weighted by Crippen LogP contribution is -1.82. The molecule has 0 atom stereocenters. The van der Waals surface area contributed by atoms with Crippen LogP contribution >= 0.6 is 11.3 Å². The maximum absolute atomic E-state index is 4.39. The van der Waals surface area contributed by atoms with E-state index in [1.807, 2.05) is 4.52 Å². The summed E-state index contributed by atoms with van der Waals surface area (Å²) >= 11 is 1.68. The van der Waals surface area contributed by atoms with Gasteiger partial charge in [-0.25, -0.2) is 4.52 Å². The number of nitrogens with zero attached hydrogens (tertiary/aromatic N) is 3. The third-order valence-corrected chi connectivity index (χ3v) is 4.51. The third kappa shape index (κ3) is 1.15. The molecule has 0 bridgehead atoms. The number of thiophene rings is 1. The molecule has 0 N–H and O–H groups in total. The van der Waals surface area contributed by atoms with Crippen molar-refractivity contribution in [1.29, 1.82) is 0 Å². The topological polar surface area (TPSA) is 30.2 Å². The van der Waals surface area contributed by atoms with Gasteiger partial charge in [0.25, 0.3) is 0 Å². The van der Waals surface area contributed by atoms with E-state index in [9.17, 15) is 0 Å². The van der Waals surface area contributed by atoms with Crippen molar-refractivity contribution in [2.75, 3.05) is 0 Å². The van der Waals surface area contributed by atoms with Crippen LogP contribution in [0.4, 0.5) is 0 Å². The number of benzene rings is 2. The molecule has 3 nitrogen and oxygen atoms in total. The summed E-state index contributed by atoms with van der Waals surface area (Å²) in [6.45, 7) is 0. The Hall–Kier alpha value is -2.46. The molecule has 20 heavy (non-hydrogen) atoms. The van der Waals surface area contributed by atoms with E-state index in [1.165, 1.54) is 16.2 Å². The molecule has 5 rings (SSSR count). The van der Waals surface area contributed by atoms with Gasteiger partial charge in [0.05, 0.1) is 5.52 Å². The molecule has 3 aromatic heterocycles. The zero-order valence-corrected chi connectivity index (χ0v) is 11.3. The summed E-state index contributed by atoms with van der Waals surface area (Å²) in [6, 6.07) is 14.8. The molecular formula is C16H9N3S. The fraction of sp³-hybridized carbons (Fsp3) is 0. The van der Waals surface area contributed by atoms with Crippen molar-refractivity contribution in [2.24, 2.45) is 0 Å². The van der Waals surface area contributed by atoms with Crippen molar-refractivity contribution in [3.63, 3.8) is 0 Å². The van der Waals surface area contributed by atoms with Gasteiger partial charge in [0.1, 0.15) is 11.2 Å². The summed E-state index contributed by atoms with van der Waals surface area (Å²) in [6.07, 6.45) is 0. The van der Waals surface area contributed by atoms with Crippen LogP contribution in [0.1, 0.15) is 0 Å². The van der Waals surface area contributed by atoms with E-state index in [2.05, 4.69) is 63.5 Å². The molecule has 2 aromatic carbocycles. The minimum atomic E-state index is 0.968. The smallest absolute Gasteiger partial charge is 0.122 e. The number of aromatic nitrogens is 3. The minimum absolute atomic E-state index is 0.968.